The Morgan fingerprint density at radius 3 is 2.63 bits per heavy atom. The number of nitrogens with zero attached hydrogens (tertiary/aromatic N) is 3. The Labute approximate surface area is 112 Å². The summed E-state index contributed by atoms with van der Waals surface area (Å²) in [6, 6.07) is 0. The molecule has 1 aromatic heterocycles. The molecule has 0 atom stereocenters. The van der Waals surface area contributed by atoms with Gasteiger partial charge < -0.3 is 9.63 Å². The van der Waals surface area contributed by atoms with Crippen LogP contribution in [0.5, 0.6) is 0 Å². The van der Waals surface area contributed by atoms with Crippen LogP contribution in [0.3, 0.4) is 0 Å². The molecule has 0 amide bonds. The Morgan fingerprint density at radius 2 is 2.16 bits per heavy atom. The van der Waals surface area contributed by atoms with E-state index in [4.69, 9.17) is 4.52 Å². The molecule has 0 aromatic carbocycles. The third-order valence-electron chi connectivity index (χ3n) is 3.92. The third-order valence-corrected chi connectivity index (χ3v) is 3.92. The van der Waals surface area contributed by atoms with Gasteiger partial charge in [0, 0.05) is 0 Å². The number of aryl methyl sites for hydroxylation is 1. The molecule has 6 heteroatoms. The molecule has 1 aliphatic rings. The van der Waals surface area contributed by atoms with E-state index in [-0.39, 0.29) is 0 Å². The minimum Gasteiger partial charge on any atom is -0.481 e. The molecule has 6 nitrogen and oxygen atoms in total. The van der Waals surface area contributed by atoms with Crippen molar-refractivity contribution in [2.24, 2.45) is 5.41 Å². The SMILES string of the molecule is CCCC1(C(=O)O)CCN(Cc2nc(C)no2)CC1. The molecule has 0 aliphatic carbocycles. The van der Waals surface area contributed by atoms with Crippen molar-refractivity contribution in [3.63, 3.8) is 0 Å². The van der Waals surface area contributed by atoms with E-state index < -0.39 is 11.4 Å². The number of likely N-dealkylation sites (tertiary alicyclic amines) is 1. The van der Waals surface area contributed by atoms with E-state index in [1.807, 2.05) is 6.92 Å². The maximum absolute atomic E-state index is 11.5. The van der Waals surface area contributed by atoms with Gasteiger partial charge in [-0.2, -0.15) is 4.98 Å². The molecule has 0 radical (unpaired) electrons. The minimum absolute atomic E-state index is 0.532. The van der Waals surface area contributed by atoms with Gasteiger partial charge in [0.2, 0.25) is 5.89 Å². The molecule has 19 heavy (non-hydrogen) atoms. The monoisotopic (exact) mass is 267 g/mol. The predicted molar refractivity (Wildman–Crippen MR) is 68.5 cm³/mol. The molecular formula is C13H21N3O3. The fraction of sp³-hybridized carbons (Fsp3) is 0.769. The van der Waals surface area contributed by atoms with E-state index in [9.17, 15) is 9.90 Å². The van der Waals surface area contributed by atoms with Crippen molar-refractivity contribution in [2.75, 3.05) is 13.1 Å². The smallest absolute Gasteiger partial charge is 0.309 e. The molecule has 0 bridgehead atoms. The molecule has 1 aliphatic heterocycles. The zero-order chi connectivity index (χ0) is 13.9. The second-order valence-electron chi connectivity index (χ2n) is 5.35. The summed E-state index contributed by atoms with van der Waals surface area (Å²) in [5.74, 6) is 0.594. The van der Waals surface area contributed by atoms with Crippen molar-refractivity contribution in [2.45, 2.75) is 46.1 Å². The Balaban J connectivity index is 1.92. The van der Waals surface area contributed by atoms with Gasteiger partial charge in [0.05, 0.1) is 12.0 Å². The summed E-state index contributed by atoms with van der Waals surface area (Å²) in [5, 5.41) is 13.2. The Morgan fingerprint density at radius 1 is 1.47 bits per heavy atom. The molecule has 0 spiro atoms. The summed E-state index contributed by atoms with van der Waals surface area (Å²) >= 11 is 0. The summed E-state index contributed by atoms with van der Waals surface area (Å²) in [5.41, 5.74) is -0.532. The number of rotatable bonds is 5. The van der Waals surface area contributed by atoms with Crippen LogP contribution < -0.4 is 0 Å². The molecule has 1 aromatic rings. The summed E-state index contributed by atoms with van der Waals surface area (Å²) in [4.78, 5) is 17.8. The van der Waals surface area contributed by atoms with Crippen molar-refractivity contribution >= 4 is 5.97 Å². The standard InChI is InChI=1S/C13H21N3O3/c1-3-4-13(12(17)18)5-7-16(8-6-13)9-11-14-10(2)15-19-11/h3-9H2,1-2H3,(H,17,18). The highest BCUT2D eigenvalue weighted by atomic mass is 16.5. The van der Waals surface area contributed by atoms with Gasteiger partial charge in [-0.15, -0.1) is 0 Å². The van der Waals surface area contributed by atoms with Gasteiger partial charge in [-0.3, -0.25) is 9.69 Å². The average Bonchev–Trinajstić information content (AvgIpc) is 2.77. The average molecular weight is 267 g/mol. The van der Waals surface area contributed by atoms with Crippen LogP contribution in [0.15, 0.2) is 4.52 Å². The lowest BCUT2D eigenvalue weighted by molar-refractivity contribution is -0.152. The van der Waals surface area contributed by atoms with E-state index in [1.54, 1.807) is 6.92 Å². The topological polar surface area (TPSA) is 79.5 Å². The van der Waals surface area contributed by atoms with Crippen LogP contribution in [0.2, 0.25) is 0 Å². The van der Waals surface area contributed by atoms with E-state index in [1.165, 1.54) is 0 Å². The summed E-state index contributed by atoms with van der Waals surface area (Å²) in [7, 11) is 0. The number of carboxylic acids is 1. The van der Waals surface area contributed by atoms with E-state index in [2.05, 4.69) is 15.0 Å². The first-order valence-electron chi connectivity index (χ1n) is 6.81. The lowest BCUT2D eigenvalue weighted by Gasteiger charge is -2.38. The highest BCUT2D eigenvalue weighted by molar-refractivity contribution is 5.74. The van der Waals surface area contributed by atoms with Crippen molar-refractivity contribution in [1.82, 2.24) is 15.0 Å². The summed E-state index contributed by atoms with van der Waals surface area (Å²) < 4.78 is 5.09. The first-order chi connectivity index (χ1) is 9.05. The number of aromatic nitrogens is 2. The molecule has 2 rings (SSSR count). The molecule has 0 saturated carbocycles. The van der Waals surface area contributed by atoms with Gasteiger partial charge in [-0.25, -0.2) is 0 Å². The minimum atomic E-state index is -0.650. The summed E-state index contributed by atoms with van der Waals surface area (Å²) in [6.45, 7) is 5.99. The predicted octanol–water partition coefficient (Wildman–Crippen LogP) is 1.84. The molecule has 1 saturated heterocycles. The zero-order valence-corrected chi connectivity index (χ0v) is 11.6. The number of aliphatic carboxylic acids is 1. The van der Waals surface area contributed by atoms with Gasteiger partial charge >= 0.3 is 5.97 Å². The number of hydrogen-bond donors (Lipinski definition) is 1. The Bertz CT molecular complexity index is 436. The lowest BCUT2D eigenvalue weighted by Crippen LogP contribution is -2.44. The van der Waals surface area contributed by atoms with Crippen LogP contribution in [-0.2, 0) is 11.3 Å². The molecular weight excluding hydrogens is 246 g/mol. The maximum atomic E-state index is 11.5. The number of carbonyl (C=O) groups is 1. The number of piperidine rings is 1. The molecule has 1 N–H and O–H groups in total. The molecule has 0 unspecified atom stereocenters. The van der Waals surface area contributed by atoms with Crippen LogP contribution in [0.25, 0.3) is 0 Å². The fourth-order valence-electron chi connectivity index (χ4n) is 2.78. The van der Waals surface area contributed by atoms with Crippen LogP contribution in [-0.4, -0.2) is 39.2 Å². The second-order valence-corrected chi connectivity index (χ2v) is 5.35. The van der Waals surface area contributed by atoms with Gasteiger partial charge in [0.25, 0.3) is 0 Å². The van der Waals surface area contributed by atoms with Gasteiger partial charge in [-0.1, -0.05) is 18.5 Å². The van der Waals surface area contributed by atoms with Crippen LogP contribution in [0.1, 0.15) is 44.3 Å². The van der Waals surface area contributed by atoms with Gasteiger partial charge in [0.1, 0.15) is 0 Å². The number of hydrogen-bond acceptors (Lipinski definition) is 5. The normalized spacial score (nSPS) is 19.5. The molecule has 1 fully saturated rings. The van der Waals surface area contributed by atoms with E-state index in [0.29, 0.717) is 31.1 Å². The van der Waals surface area contributed by atoms with Crippen LogP contribution >= 0.6 is 0 Å². The number of carboxylic acid groups (broad SMARTS) is 1. The Hall–Kier alpha value is -1.43. The molecule has 106 valence electrons. The van der Waals surface area contributed by atoms with Crippen LogP contribution in [0.4, 0.5) is 0 Å². The molecule has 2 heterocycles. The fourth-order valence-corrected chi connectivity index (χ4v) is 2.78. The first kappa shape index (κ1) is 14.0. The van der Waals surface area contributed by atoms with Crippen molar-refractivity contribution in [1.29, 1.82) is 0 Å². The van der Waals surface area contributed by atoms with E-state index in [0.717, 1.165) is 25.9 Å². The lowest BCUT2D eigenvalue weighted by atomic mass is 9.75. The highest BCUT2D eigenvalue weighted by Crippen LogP contribution is 2.36. The van der Waals surface area contributed by atoms with Gasteiger partial charge in [0.15, 0.2) is 5.82 Å². The van der Waals surface area contributed by atoms with Crippen molar-refractivity contribution in [3.8, 4) is 0 Å². The third kappa shape index (κ3) is 3.12. The highest BCUT2D eigenvalue weighted by Gasteiger charge is 2.40. The zero-order valence-electron chi connectivity index (χ0n) is 11.6. The maximum Gasteiger partial charge on any atom is 0.309 e. The van der Waals surface area contributed by atoms with Crippen molar-refractivity contribution in [3.05, 3.63) is 11.7 Å². The van der Waals surface area contributed by atoms with Gasteiger partial charge in [-0.05, 0) is 39.3 Å². The Kier molecular flexibility index (Phi) is 4.19. The van der Waals surface area contributed by atoms with Crippen LogP contribution in [0, 0.1) is 12.3 Å². The second kappa shape index (κ2) is 5.69. The van der Waals surface area contributed by atoms with Crippen molar-refractivity contribution < 1.29 is 14.4 Å². The quantitative estimate of drug-likeness (QED) is 0.877. The van der Waals surface area contributed by atoms with E-state index >= 15 is 0 Å². The largest absolute Gasteiger partial charge is 0.481 e. The first-order valence-corrected chi connectivity index (χ1v) is 6.81. The summed E-state index contributed by atoms with van der Waals surface area (Å²) in [6.07, 6.45) is 3.07.